The smallest absolute Gasteiger partial charge is 0.337 e. The molecular weight excluding hydrogens is 284 g/mol. The third-order valence-electron chi connectivity index (χ3n) is 3.07. The Bertz CT molecular complexity index is 624. The van der Waals surface area contributed by atoms with E-state index in [4.69, 9.17) is 5.11 Å². The number of aromatic carboxylic acids is 1. The van der Waals surface area contributed by atoms with Crippen molar-refractivity contribution >= 4 is 21.7 Å². The van der Waals surface area contributed by atoms with Crippen LogP contribution in [0.25, 0.3) is 0 Å². The van der Waals surface area contributed by atoms with Crippen LogP contribution in [0.5, 0.6) is 0 Å². The predicted octanol–water partition coefficient (Wildman–Crippen LogP) is 0.0405. The molecule has 0 aromatic carbocycles. The number of nitrogens with zero attached hydrogens (tertiary/aromatic N) is 2. The van der Waals surface area contributed by atoms with E-state index >= 15 is 0 Å². The number of pyridine rings is 1. The molecule has 0 saturated carbocycles. The summed E-state index contributed by atoms with van der Waals surface area (Å²) in [6.07, 6.45) is 1.52. The van der Waals surface area contributed by atoms with Crippen molar-refractivity contribution in [3.8, 4) is 0 Å². The molecule has 1 saturated heterocycles. The Labute approximate surface area is 116 Å². The van der Waals surface area contributed by atoms with Gasteiger partial charge in [-0.05, 0) is 18.6 Å². The summed E-state index contributed by atoms with van der Waals surface area (Å²) in [5.41, 5.74) is 0.120. The fraction of sp³-hybridized carbons (Fsp3) is 0.417. The minimum atomic E-state index is -3.08. The summed E-state index contributed by atoms with van der Waals surface area (Å²) >= 11 is 0. The molecule has 0 radical (unpaired) electrons. The quantitative estimate of drug-likeness (QED) is 0.826. The Balaban J connectivity index is 2.12. The molecule has 8 heteroatoms. The molecule has 0 aliphatic carbocycles. The summed E-state index contributed by atoms with van der Waals surface area (Å²) in [5, 5.41) is 8.76. The molecule has 1 aliphatic rings. The molecule has 20 heavy (non-hydrogen) atoms. The summed E-state index contributed by atoms with van der Waals surface area (Å²) in [7, 11) is -3.08. The fourth-order valence-corrected chi connectivity index (χ4v) is 3.22. The van der Waals surface area contributed by atoms with E-state index in [1.54, 1.807) is 0 Å². The summed E-state index contributed by atoms with van der Waals surface area (Å²) in [6, 6.07) is 2.64. The maximum absolute atomic E-state index is 12.2. The zero-order valence-corrected chi connectivity index (χ0v) is 11.5. The average Bonchev–Trinajstić information content (AvgIpc) is 2.59. The minimum Gasteiger partial charge on any atom is -0.478 e. The van der Waals surface area contributed by atoms with E-state index in [9.17, 15) is 18.0 Å². The Hall–Kier alpha value is -1.96. The molecular formula is C12H14N2O5S. The zero-order chi connectivity index (χ0) is 14.8. The maximum atomic E-state index is 12.2. The molecule has 108 valence electrons. The topological polar surface area (TPSA) is 105 Å². The van der Waals surface area contributed by atoms with Crippen LogP contribution in [0, 0.1) is 0 Å². The Morgan fingerprint density at radius 3 is 2.55 bits per heavy atom. The van der Waals surface area contributed by atoms with Crippen molar-refractivity contribution in [1.29, 1.82) is 0 Å². The van der Waals surface area contributed by atoms with Crippen LogP contribution in [0.4, 0.5) is 0 Å². The first-order valence-corrected chi connectivity index (χ1v) is 7.90. The van der Waals surface area contributed by atoms with Crippen LogP contribution in [0.3, 0.4) is 0 Å². The van der Waals surface area contributed by atoms with Crippen LogP contribution in [0.2, 0.25) is 0 Å². The van der Waals surface area contributed by atoms with Crippen molar-refractivity contribution in [3.63, 3.8) is 0 Å². The largest absolute Gasteiger partial charge is 0.478 e. The molecule has 1 amide bonds. The van der Waals surface area contributed by atoms with E-state index < -0.39 is 15.8 Å². The van der Waals surface area contributed by atoms with Gasteiger partial charge in [-0.2, -0.15) is 0 Å². The SMILES string of the molecule is O=C(O)c1ccc(C(=O)N2CCCS(=O)(=O)CC2)nc1. The minimum absolute atomic E-state index is 0.00000541. The van der Waals surface area contributed by atoms with Crippen LogP contribution in [-0.4, -0.2) is 59.9 Å². The molecule has 1 aliphatic heterocycles. The number of hydrogen-bond donors (Lipinski definition) is 1. The van der Waals surface area contributed by atoms with Gasteiger partial charge in [0, 0.05) is 19.3 Å². The summed E-state index contributed by atoms with van der Waals surface area (Å²) < 4.78 is 23.0. The highest BCUT2D eigenvalue weighted by molar-refractivity contribution is 7.91. The number of carboxylic acids is 1. The number of amides is 1. The Morgan fingerprint density at radius 1 is 1.20 bits per heavy atom. The molecule has 1 aromatic rings. The molecule has 1 N–H and O–H groups in total. The van der Waals surface area contributed by atoms with E-state index in [2.05, 4.69) is 4.98 Å². The van der Waals surface area contributed by atoms with Gasteiger partial charge in [-0.1, -0.05) is 0 Å². The molecule has 0 bridgehead atoms. The normalized spacial score (nSPS) is 18.3. The van der Waals surface area contributed by atoms with Crippen LogP contribution < -0.4 is 0 Å². The zero-order valence-electron chi connectivity index (χ0n) is 10.7. The highest BCUT2D eigenvalue weighted by Crippen LogP contribution is 2.09. The highest BCUT2D eigenvalue weighted by Gasteiger charge is 2.24. The average molecular weight is 298 g/mol. The molecule has 2 rings (SSSR count). The van der Waals surface area contributed by atoms with E-state index in [1.165, 1.54) is 17.0 Å². The molecule has 0 atom stereocenters. The van der Waals surface area contributed by atoms with Crippen LogP contribution >= 0.6 is 0 Å². The molecule has 2 heterocycles. The van der Waals surface area contributed by atoms with Gasteiger partial charge >= 0.3 is 5.97 Å². The van der Waals surface area contributed by atoms with Gasteiger partial charge in [0.15, 0.2) is 9.84 Å². The van der Waals surface area contributed by atoms with Gasteiger partial charge in [-0.3, -0.25) is 9.78 Å². The number of carbonyl (C=O) groups is 2. The first-order valence-electron chi connectivity index (χ1n) is 6.08. The van der Waals surface area contributed by atoms with Gasteiger partial charge in [0.2, 0.25) is 0 Å². The van der Waals surface area contributed by atoms with Gasteiger partial charge in [0.05, 0.1) is 17.1 Å². The van der Waals surface area contributed by atoms with Crippen molar-refractivity contribution < 1.29 is 23.1 Å². The van der Waals surface area contributed by atoms with E-state index in [-0.39, 0.29) is 35.2 Å². The Morgan fingerprint density at radius 2 is 1.95 bits per heavy atom. The standard InChI is InChI=1S/C12H14N2O5S/c15-11(10-3-2-9(8-13-10)12(16)17)14-4-1-6-20(18,19)7-5-14/h2-3,8H,1,4-7H2,(H,16,17). The lowest BCUT2D eigenvalue weighted by atomic mass is 10.2. The van der Waals surface area contributed by atoms with E-state index in [1.807, 2.05) is 0 Å². The summed E-state index contributed by atoms with van der Waals surface area (Å²) in [5.74, 6) is -1.45. The van der Waals surface area contributed by atoms with Crippen LogP contribution in [-0.2, 0) is 9.84 Å². The molecule has 0 unspecified atom stereocenters. The van der Waals surface area contributed by atoms with Gasteiger partial charge in [0.25, 0.3) is 5.91 Å². The van der Waals surface area contributed by atoms with Crippen molar-refractivity contribution in [2.24, 2.45) is 0 Å². The molecule has 7 nitrogen and oxygen atoms in total. The summed E-state index contributed by atoms with van der Waals surface area (Å²) in [6.45, 7) is 0.504. The second-order valence-electron chi connectivity index (χ2n) is 4.53. The number of aromatic nitrogens is 1. The number of hydrogen-bond acceptors (Lipinski definition) is 5. The molecule has 1 aromatic heterocycles. The maximum Gasteiger partial charge on any atom is 0.337 e. The summed E-state index contributed by atoms with van der Waals surface area (Å²) in [4.78, 5) is 28.1. The first kappa shape index (κ1) is 14.4. The van der Waals surface area contributed by atoms with E-state index in [0.717, 1.165) is 6.20 Å². The number of sulfone groups is 1. The van der Waals surface area contributed by atoms with Gasteiger partial charge in [-0.15, -0.1) is 0 Å². The predicted molar refractivity (Wildman–Crippen MR) is 70.4 cm³/mol. The van der Waals surface area contributed by atoms with E-state index in [0.29, 0.717) is 13.0 Å². The second-order valence-corrected chi connectivity index (χ2v) is 6.84. The Kier molecular flexibility index (Phi) is 4.03. The lowest BCUT2D eigenvalue weighted by molar-refractivity contribution is 0.0693. The highest BCUT2D eigenvalue weighted by atomic mass is 32.2. The third kappa shape index (κ3) is 3.32. The van der Waals surface area contributed by atoms with Crippen molar-refractivity contribution in [1.82, 2.24) is 9.88 Å². The number of carboxylic acid groups (broad SMARTS) is 1. The van der Waals surface area contributed by atoms with Crippen LogP contribution in [0.15, 0.2) is 18.3 Å². The lowest BCUT2D eigenvalue weighted by Gasteiger charge is -2.19. The lowest BCUT2D eigenvalue weighted by Crippen LogP contribution is -2.34. The number of rotatable bonds is 2. The monoisotopic (exact) mass is 298 g/mol. The van der Waals surface area contributed by atoms with Crippen molar-refractivity contribution in [2.45, 2.75) is 6.42 Å². The second kappa shape index (κ2) is 5.58. The van der Waals surface area contributed by atoms with Crippen LogP contribution in [0.1, 0.15) is 27.3 Å². The first-order chi connectivity index (χ1) is 9.39. The van der Waals surface area contributed by atoms with Gasteiger partial charge < -0.3 is 10.0 Å². The van der Waals surface area contributed by atoms with Crippen molar-refractivity contribution in [2.75, 3.05) is 24.6 Å². The fourth-order valence-electron chi connectivity index (χ4n) is 1.95. The van der Waals surface area contributed by atoms with Crippen molar-refractivity contribution in [3.05, 3.63) is 29.6 Å². The van der Waals surface area contributed by atoms with Gasteiger partial charge in [-0.25, -0.2) is 13.2 Å². The third-order valence-corrected chi connectivity index (χ3v) is 4.79. The van der Waals surface area contributed by atoms with Gasteiger partial charge in [0.1, 0.15) is 5.69 Å². The molecule has 0 spiro atoms. The number of carbonyl (C=O) groups excluding carboxylic acids is 1. The molecule has 1 fully saturated rings.